The molecule has 0 amide bonds. The van der Waals surface area contributed by atoms with Crippen molar-refractivity contribution in [3.63, 3.8) is 0 Å². The van der Waals surface area contributed by atoms with Gasteiger partial charge in [-0.1, -0.05) is 12.1 Å². The molecule has 4 N–H and O–H groups in total. The summed E-state index contributed by atoms with van der Waals surface area (Å²) in [4.78, 5) is 10.8. The standard InChI is InChI=1S/C13H19NO5/c1-19-10-4-2-9(3-5-10)13(18)11(8-12(16)17)14-6-7-15/h2-5,11,13-15,18H,6-8H2,1H3,(H,16,17). The Bertz CT molecular complexity index is 393. The van der Waals surface area contributed by atoms with Crippen LogP contribution in [0.2, 0.25) is 0 Å². The number of carbonyl (C=O) groups is 1. The van der Waals surface area contributed by atoms with E-state index in [2.05, 4.69) is 5.32 Å². The SMILES string of the molecule is COc1ccc(C(O)C(CC(=O)O)NCCO)cc1. The summed E-state index contributed by atoms with van der Waals surface area (Å²) in [7, 11) is 1.54. The van der Waals surface area contributed by atoms with E-state index in [1.165, 1.54) is 0 Å². The molecule has 0 aliphatic carbocycles. The molecule has 2 atom stereocenters. The van der Waals surface area contributed by atoms with E-state index in [0.29, 0.717) is 11.3 Å². The quantitative estimate of drug-likeness (QED) is 0.536. The minimum atomic E-state index is -1.01. The van der Waals surface area contributed by atoms with Crippen molar-refractivity contribution in [2.75, 3.05) is 20.3 Å². The lowest BCUT2D eigenvalue weighted by atomic mass is 9.99. The molecule has 106 valence electrons. The molecule has 1 aromatic carbocycles. The maximum Gasteiger partial charge on any atom is 0.305 e. The molecule has 19 heavy (non-hydrogen) atoms. The van der Waals surface area contributed by atoms with Gasteiger partial charge in [-0.15, -0.1) is 0 Å². The topological polar surface area (TPSA) is 99.0 Å². The van der Waals surface area contributed by atoms with Crippen LogP contribution in [0.5, 0.6) is 5.75 Å². The largest absolute Gasteiger partial charge is 0.497 e. The minimum absolute atomic E-state index is 0.120. The number of benzene rings is 1. The van der Waals surface area contributed by atoms with Gasteiger partial charge in [-0.3, -0.25) is 4.79 Å². The third-order valence-electron chi connectivity index (χ3n) is 2.75. The van der Waals surface area contributed by atoms with Crippen LogP contribution in [0.15, 0.2) is 24.3 Å². The second kappa shape index (κ2) is 7.73. The first kappa shape index (κ1) is 15.4. The first-order valence-corrected chi connectivity index (χ1v) is 5.96. The Morgan fingerprint density at radius 3 is 2.47 bits per heavy atom. The van der Waals surface area contributed by atoms with Crippen LogP contribution in [0.25, 0.3) is 0 Å². The van der Waals surface area contributed by atoms with E-state index in [0.717, 1.165) is 0 Å². The summed E-state index contributed by atoms with van der Waals surface area (Å²) in [5.74, 6) is -0.350. The molecule has 0 aliphatic heterocycles. The van der Waals surface area contributed by atoms with Crippen molar-refractivity contribution in [3.05, 3.63) is 29.8 Å². The number of methoxy groups -OCH3 is 1. The van der Waals surface area contributed by atoms with Crippen molar-refractivity contribution in [2.45, 2.75) is 18.6 Å². The number of ether oxygens (including phenoxy) is 1. The molecule has 0 spiro atoms. The van der Waals surface area contributed by atoms with Crippen molar-refractivity contribution in [1.29, 1.82) is 0 Å². The van der Waals surface area contributed by atoms with Gasteiger partial charge in [-0.2, -0.15) is 0 Å². The molecule has 6 heteroatoms. The Morgan fingerprint density at radius 2 is 2.00 bits per heavy atom. The molecule has 0 aromatic heterocycles. The molecule has 6 nitrogen and oxygen atoms in total. The van der Waals surface area contributed by atoms with Crippen LogP contribution in [0, 0.1) is 0 Å². The third-order valence-corrected chi connectivity index (χ3v) is 2.75. The molecule has 0 saturated heterocycles. The molecular weight excluding hydrogens is 250 g/mol. The fourth-order valence-corrected chi connectivity index (χ4v) is 1.77. The van der Waals surface area contributed by atoms with Gasteiger partial charge in [0.05, 0.1) is 26.2 Å². The summed E-state index contributed by atoms with van der Waals surface area (Å²) >= 11 is 0. The molecule has 1 aromatic rings. The van der Waals surface area contributed by atoms with Crippen molar-refractivity contribution >= 4 is 5.97 Å². The normalized spacial score (nSPS) is 13.8. The maximum absolute atomic E-state index is 10.8. The fraction of sp³-hybridized carbons (Fsp3) is 0.462. The fourth-order valence-electron chi connectivity index (χ4n) is 1.77. The van der Waals surface area contributed by atoms with Gasteiger partial charge in [0.25, 0.3) is 0 Å². The summed E-state index contributed by atoms with van der Waals surface area (Å²) in [6.45, 7) is 0.108. The van der Waals surface area contributed by atoms with Gasteiger partial charge in [0.2, 0.25) is 0 Å². The van der Waals surface area contributed by atoms with E-state index in [1.54, 1.807) is 31.4 Å². The number of hydrogen-bond donors (Lipinski definition) is 4. The van der Waals surface area contributed by atoms with E-state index < -0.39 is 18.1 Å². The number of rotatable bonds is 8. The second-order valence-electron chi connectivity index (χ2n) is 4.10. The monoisotopic (exact) mass is 269 g/mol. The van der Waals surface area contributed by atoms with E-state index >= 15 is 0 Å². The van der Waals surface area contributed by atoms with E-state index in [4.69, 9.17) is 14.9 Å². The Balaban J connectivity index is 2.77. The Labute approximate surface area is 111 Å². The maximum atomic E-state index is 10.8. The lowest BCUT2D eigenvalue weighted by molar-refractivity contribution is -0.138. The van der Waals surface area contributed by atoms with Crippen LogP contribution in [0.1, 0.15) is 18.1 Å². The molecule has 0 aliphatic rings. The number of nitrogens with one attached hydrogen (secondary N) is 1. The molecule has 1 rings (SSSR count). The number of carboxylic acids is 1. The van der Waals surface area contributed by atoms with Crippen LogP contribution >= 0.6 is 0 Å². The second-order valence-corrected chi connectivity index (χ2v) is 4.10. The van der Waals surface area contributed by atoms with Gasteiger partial charge in [-0.25, -0.2) is 0 Å². The van der Waals surface area contributed by atoms with E-state index in [1.807, 2.05) is 0 Å². The summed E-state index contributed by atoms with van der Waals surface area (Å²) in [5, 5.41) is 30.6. The zero-order valence-corrected chi connectivity index (χ0v) is 10.7. The van der Waals surface area contributed by atoms with Gasteiger partial charge in [0.1, 0.15) is 5.75 Å². The summed E-state index contributed by atoms with van der Waals surface area (Å²) < 4.78 is 5.01. The predicted octanol–water partition coefficient (Wildman–Crippen LogP) is 0.154. The lowest BCUT2D eigenvalue weighted by Crippen LogP contribution is -2.38. The van der Waals surface area contributed by atoms with Crippen LogP contribution in [-0.4, -0.2) is 47.6 Å². The molecule has 0 saturated carbocycles. The van der Waals surface area contributed by atoms with Crippen molar-refractivity contribution in [1.82, 2.24) is 5.32 Å². The average Bonchev–Trinajstić information content (AvgIpc) is 2.42. The van der Waals surface area contributed by atoms with Crippen molar-refractivity contribution < 1.29 is 24.9 Å². The van der Waals surface area contributed by atoms with Gasteiger partial charge in [-0.05, 0) is 17.7 Å². The molecule has 0 heterocycles. The third kappa shape index (κ3) is 4.86. The molecule has 0 bridgehead atoms. The number of hydrogen-bond acceptors (Lipinski definition) is 5. The average molecular weight is 269 g/mol. The molecular formula is C13H19NO5. The Hall–Kier alpha value is -1.63. The highest BCUT2D eigenvalue weighted by Gasteiger charge is 2.23. The highest BCUT2D eigenvalue weighted by atomic mass is 16.5. The summed E-state index contributed by atoms with van der Waals surface area (Å²) in [6, 6.07) is 6.10. The van der Waals surface area contributed by atoms with E-state index in [9.17, 15) is 9.90 Å². The number of aliphatic hydroxyl groups is 2. The molecule has 0 radical (unpaired) electrons. The van der Waals surface area contributed by atoms with E-state index in [-0.39, 0.29) is 19.6 Å². The van der Waals surface area contributed by atoms with Crippen molar-refractivity contribution in [3.8, 4) is 5.75 Å². The van der Waals surface area contributed by atoms with Gasteiger partial charge < -0.3 is 25.4 Å². The van der Waals surface area contributed by atoms with Crippen molar-refractivity contribution in [2.24, 2.45) is 0 Å². The predicted molar refractivity (Wildman–Crippen MR) is 69.1 cm³/mol. The lowest BCUT2D eigenvalue weighted by Gasteiger charge is -2.23. The zero-order chi connectivity index (χ0) is 14.3. The zero-order valence-electron chi connectivity index (χ0n) is 10.7. The summed E-state index contributed by atoms with van der Waals surface area (Å²) in [5.41, 5.74) is 0.595. The minimum Gasteiger partial charge on any atom is -0.497 e. The molecule has 2 unspecified atom stereocenters. The van der Waals surface area contributed by atoms with Crippen LogP contribution in [0.3, 0.4) is 0 Å². The molecule has 0 fully saturated rings. The van der Waals surface area contributed by atoms with Gasteiger partial charge in [0.15, 0.2) is 0 Å². The number of carboxylic acid groups (broad SMARTS) is 1. The Kier molecular flexibility index (Phi) is 6.27. The number of aliphatic hydroxyl groups excluding tert-OH is 2. The van der Waals surface area contributed by atoms with Crippen LogP contribution < -0.4 is 10.1 Å². The first-order chi connectivity index (χ1) is 9.08. The first-order valence-electron chi connectivity index (χ1n) is 5.96. The van der Waals surface area contributed by atoms with Gasteiger partial charge >= 0.3 is 5.97 Å². The highest BCUT2D eigenvalue weighted by Crippen LogP contribution is 2.21. The summed E-state index contributed by atoms with van der Waals surface area (Å²) in [6.07, 6.45) is -1.19. The number of aliphatic carboxylic acids is 1. The van der Waals surface area contributed by atoms with Crippen LogP contribution in [-0.2, 0) is 4.79 Å². The van der Waals surface area contributed by atoms with Crippen LogP contribution in [0.4, 0.5) is 0 Å². The Morgan fingerprint density at radius 1 is 1.37 bits per heavy atom. The smallest absolute Gasteiger partial charge is 0.305 e. The van der Waals surface area contributed by atoms with Gasteiger partial charge in [0, 0.05) is 12.6 Å². The highest BCUT2D eigenvalue weighted by molar-refractivity contribution is 5.67.